The summed E-state index contributed by atoms with van der Waals surface area (Å²) in [7, 11) is 0. The van der Waals surface area contributed by atoms with E-state index in [9.17, 15) is 5.11 Å². The van der Waals surface area contributed by atoms with Gasteiger partial charge in [0.1, 0.15) is 0 Å². The first-order valence-corrected chi connectivity index (χ1v) is 5.99. The van der Waals surface area contributed by atoms with E-state index in [1.54, 1.807) is 10.9 Å². The lowest BCUT2D eigenvalue weighted by atomic mass is 10.1. The van der Waals surface area contributed by atoms with E-state index >= 15 is 0 Å². The van der Waals surface area contributed by atoms with Gasteiger partial charge in [0.2, 0.25) is 0 Å². The molecule has 0 amide bonds. The van der Waals surface area contributed by atoms with Gasteiger partial charge in [0, 0.05) is 6.20 Å². The van der Waals surface area contributed by atoms with Crippen LogP contribution >= 0.6 is 11.6 Å². The Balaban J connectivity index is 2.29. The minimum Gasteiger partial charge on any atom is -0.388 e. The smallest absolute Gasteiger partial charge is 0.0819 e. The minimum absolute atomic E-state index is 0.396. The van der Waals surface area contributed by atoms with Gasteiger partial charge in [0.15, 0.2) is 0 Å². The maximum absolute atomic E-state index is 9.70. The van der Waals surface area contributed by atoms with Crippen LogP contribution in [0.1, 0.15) is 30.7 Å². The van der Waals surface area contributed by atoms with Crippen LogP contribution in [0.25, 0.3) is 5.69 Å². The van der Waals surface area contributed by atoms with E-state index in [1.807, 2.05) is 38.1 Å². The highest BCUT2D eigenvalue weighted by Gasteiger charge is 2.06. The van der Waals surface area contributed by atoms with Crippen molar-refractivity contribution in [3.63, 3.8) is 0 Å². The van der Waals surface area contributed by atoms with Crippen LogP contribution in [0.4, 0.5) is 0 Å². The number of rotatable bonds is 3. The highest BCUT2D eigenvalue weighted by molar-refractivity contribution is 6.31. The number of hydrogen-bond acceptors (Lipinski definition) is 2. The summed E-state index contributed by atoms with van der Waals surface area (Å²) in [6.45, 7) is 3.82. The average Bonchev–Trinajstić information content (AvgIpc) is 2.69. The van der Waals surface area contributed by atoms with E-state index in [1.165, 1.54) is 0 Å². The Labute approximate surface area is 106 Å². The predicted molar refractivity (Wildman–Crippen MR) is 68.6 cm³/mol. The number of hydrogen-bond donors (Lipinski definition) is 1. The van der Waals surface area contributed by atoms with E-state index in [0.29, 0.717) is 11.4 Å². The molecule has 2 rings (SSSR count). The Morgan fingerprint density at radius 3 is 2.47 bits per heavy atom. The zero-order valence-electron chi connectivity index (χ0n) is 9.89. The fraction of sp³-hybridized carbons (Fsp3) is 0.308. The van der Waals surface area contributed by atoms with Crippen molar-refractivity contribution < 1.29 is 5.11 Å². The predicted octanol–water partition coefficient (Wildman–Crippen LogP) is 3.28. The van der Waals surface area contributed by atoms with Gasteiger partial charge in [-0.15, -0.1) is 0 Å². The molecule has 0 aliphatic heterocycles. The number of nitrogens with zero attached hydrogens (tertiary/aromatic N) is 2. The molecule has 0 fully saturated rings. The molecule has 1 heterocycles. The molecule has 1 unspecified atom stereocenters. The lowest BCUT2D eigenvalue weighted by Gasteiger charge is -2.08. The van der Waals surface area contributed by atoms with Crippen molar-refractivity contribution in [1.29, 1.82) is 0 Å². The van der Waals surface area contributed by atoms with Crippen molar-refractivity contribution in [3.8, 4) is 5.69 Å². The maximum atomic E-state index is 9.70. The van der Waals surface area contributed by atoms with Gasteiger partial charge in [-0.05, 0) is 31.0 Å². The molecule has 90 valence electrons. The van der Waals surface area contributed by atoms with Crippen LogP contribution in [-0.4, -0.2) is 14.9 Å². The van der Waals surface area contributed by atoms with Gasteiger partial charge in [-0.2, -0.15) is 5.10 Å². The second-order valence-electron chi connectivity index (χ2n) is 4.02. The van der Waals surface area contributed by atoms with E-state index in [4.69, 9.17) is 11.6 Å². The number of aliphatic hydroxyl groups is 1. The molecule has 3 nitrogen and oxygen atoms in total. The molecule has 1 N–H and O–H groups in total. The van der Waals surface area contributed by atoms with Crippen LogP contribution < -0.4 is 0 Å². The van der Waals surface area contributed by atoms with Crippen molar-refractivity contribution in [1.82, 2.24) is 9.78 Å². The van der Waals surface area contributed by atoms with Gasteiger partial charge < -0.3 is 5.11 Å². The molecule has 1 atom stereocenters. The van der Waals surface area contributed by atoms with E-state index in [-0.39, 0.29) is 0 Å². The fourth-order valence-corrected chi connectivity index (χ4v) is 1.79. The van der Waals surface area contributed by atoms with Gasteiger partial charge in [-0.3, -0.25) is 0 Å². The van der Waals surface area contributed by atoms with Crippen molar-refractivity contribution in [2.75, 3.05) is 0 Å². The quantitative estimate of drug-likeness (QED) is 0.908. The Kier molecular flexibility index (Phi) is 3.50. The molecule has 0 aliphatic rings. The van der Waals surface area contributed by atoms with Gasteiger partial charge in [-0.25, -0.2) is 4.68 Å². The average molecular weight is 251 g/mol. The molecule has 1 aromatic carbocycles. The highest BCUT2D eigenvalue weighted by atomic mass is 35.5. The van der Waals surface area contributed by atoms with Crippen LogP contribution in [0.15, 0.2) is 30.5 Å². The SMILES string of the molecule is CCC(O)c1ccc(-n2cc(Cl)c(C)n2)cc1. The van der Waals surface area contributed by atoms with Crippen LogP contribution in [-0.2, 0) is 0 Å². The fourth-order valence-electron chi connectivity index (χ4n) is 1.66. The third-order valence-electron chi connectivity index (χ3n) is 2.77. The molecule has 17 heavy (non-hydrogen) atoms. The number of halogens is 1. The maximum Gasteiger partial charge on any atom is 0.0819 e. The van der Waals surface area contributed by atoms with Crippen molar-refractivity contribution in [2.24, 2.45) is 0 Å². The normalized spacial score (nSPS) is 12.7. The molecule has 0 bridgehead atoms. The molecule has 0 aliphatic carbocycles. The molecule has 0 spiro atoms. The topological polar surface area (TPSA) is 38.0 Å². The third kappa shape index (κ3) is 2.51. The van der Waals surface area contributed by atoms with Crippen LogP contribution in [0.3, 0.4) is 0 Å². The first-order chi connectivity index (χ1) is 8.11. The Morgan fingerprint density at radius 2 is 2.00 bits per heavy atom. The number of aromatic nitrogens is 2. The largest absolute Gasteiger partial charge is 0.388 e. The second kappa shape index (κ2) is 4.90. The van der Waals surface area contributed by atoms with Gasteiger partial charge in [0.25, 0.3) is 0 Å². The number of benzene rings is 1. The summed E-state index contributed by atoms with van der Waals surface area (Å²) < 4.78 is 1.74. The third-order valence-corrected chi connectivity index (χ3v) is 3.14. The highest BCUT2D eigenvalue weighted by Crippen LogP contribution is 2.20. The zero-order valence-corrected chi connectivity index (χ0v) is 10.6. The molecule has 2 aromatic rings. The summed E-state index contributed by atoms with van der Waals surface area (Å²) in [5.74, 6) is 0. The van der Waals surface area contributed by atoms with Gasteiger partial charge in [-0.1, -0.05) is 30.7 Å². The molecule has 0 saturated carbocycles. The number of aliphatic hydroxyl groups excluding tert-OH is 1. The summed E-state index contributed by atoms with van der Waals surface area (Å²) in [4.78, 5) is 0. The minimum atomic E-state index is -0.396. The molecule has 1 aromatic heterocycles. The molecular formula is C13H15ClN2O. The molecule has 0 radical (unpaired) electrons. The summed E-state index contributed by atoms with van der Waals surface area (Å²) in [6.07, 6.45) is 2.10. The van der Waals surface area contributed by atoms with Crippen molar-refractivity contribution in [3.05, 3.63) is 46.7 Å². The summed E-state index contributed by atoms with van der Waals surface area (Å²) >= 11 is 5.96. The van der Waals surface area contributed by atoms with Gasteiger partial charge in [0.05, 0.1) is 22.5 Å². The van der Waals surface area contributed by atoms with E-state index in [2.05, 4.69) is 5.10 Å². The lowest BCUT2D eigenvalue weighted by Crippen LogP contribution is -1.98. The summed E-state index contributed by atoms with van der Waals surface area (Å²) in [5.41, 5.74) is 2.67. The monoisotopic (exact) mass is 250 g/mol. The summed E-state index contributed by atoms with van der Waals surface area (Å²) in [6, 6.07) is 7.68. The number of aryl methyl sites for hydroxylation is 1. The standard InChI is InChI=1S/C13H15ClN2O/c1-3-13(17)10-4-6-11(7-5-10)16-8-12(14)9(2)15-16/h4-8,13,17H,3H2,1-2H3. The zero-order chi connectivity index (χ0) is 12.4. The van der Waals surface area contributed by atoms with Crippen molar-refractivity contribution >= 4 is 11.6 Å². The Morgan fingerprint density at radius 1 is 1.35 bits per heavy atom. The second-order valence-corrected chi connectivity index (χ2v) is 4.43. The van der Waals surface area contributed by atoms with E-state index < -0.39 is 6.10 Å². The van der Waals surface area contributed by atoms with Gasteiger partial charge >= 0.3 is 0 Å². The van der Waals surface area contributed by atoms with Crippen LogP contribution in [0, 0.1) is 6.92 Å². The molecular weight excluding hydrogens is 236 g/mol. The molecule has 4 heteroatoms. The lowest BCUT2D eigenvalue weighted by molar-refractivity contribution is 0.173. The first kappa shape index (κ1) is 12.1. The summed E-state index contributed by atoms with van der Waals surface area (Å²) in [5, 5.41) is 14.6. The van der Waals surface area contributed by atoms with Crippen LogP contribution in [0.2, 0.25) is 5.02 Å². The molecule has 0 saturated heterocycles. The van der Waals surface area contributed by atoms with Crippen molar-refractivity contribution in [2.45, 2.75) is 26.4 Å². The van der Waals surface area contributed by atoms with Crippen LogP contribution in [0.5, 0.6) is 0 Å². The van der Waals surface area contributed by atoms with E-state index in [0.717, 1.165) is 16.9 Å². The Hall–Kier alpha value is -1.32. The first-order valence-electron chi connectivity index (χ1n) is 5.62. The Bertz CT molecular complexity index is 485.